The summed E-state index contributed by atoms with van der Waals surface area (Å²) in [6, 6.07) is 11.2. The van der Waals surface area contributed by atoms with E-state index in [1.165, 1.54) is 36.4 Å². The van der Waals surface area contributed by atoms with Gasteiger partial charge in [0.1, 0.15) is 9.79 Å². The molecule has 0 bridgehead atoms. The lowest BCUT2D eigenvalue weighted by Crippen LogP contribution is -2.18. The maximum atomic E-state index is 12.5. The lowest BCUT2D eigenvalue weighted by atomic mass is 10.3. The molecule has 2 aromatic rings. The third-order valence-corrected chi connectivity index (χ3v) is 5.61. The summed E-state index contributed by atoms with van der Waals surface area (Å²) in [6.45, 7) is 0. The molecule has 2 aromatic carbocycles. The summed E-state index contributed by atoms with van der Waals surface area (Å²) in [5, 5.41) is 5.05. The Labute approximate surface area is 117 Å². The summed E-state index contributed by atoms with van der Waals surface area (Å²) in [7, 11) is -8.27. The topological polar surface area (TPSA) is 120 Å². The lowest BCUT2D eigenvalue weighted by Gasteiger charge is -2.11. The highest BCUT2D eigenvalue weighted by Gasteiger charge is 2.28. The van der Waals surface area contributed by atoms with Crippen molar-refractivity contribution in [3.63, 3.8) is 0 Å². The Bertz CT molecular complexity index is 844. The summed E-state index contributed by atoms with van der Waals surface area (Å²) in [5.41, 5.74) is 5.48. The Hall–Kier alpha value is -1.90. The van der Waals surface area contributed by atoms with Crippen molar-refractivity contribution in [3.05, 3.63) is 48.5 Å². The third kappa shape index (κ3) is 2.53. The first-order valence-electron chi connectivity index (χ1n) is 5.46. The largest absolute Gasteiger partial charge is 0.398 e. The fourth-order valence-electron chi connectivity index (χ4n) is 1.76. The minimum absolute atomic E-state index is 0.0530. The molecule has 0 aliphatic carbocycles. The number of nitrogens with two attached hydrogens (primary N) is 2. The van der Waals surface area contributed by atoms with Gasteiger partial charge in [0.05, 0.1) is 10.6 Å². The quantitative estimate of drug-likeness (QED) is 0.810. The van der Waals surface area contributed by atoms with E-state index in [2.05, 4.69) is 0 Å². The van der Waals surface area contributed by atoms with Gasteiger partial charge in [-0.15, -0.1) is 0 Å². The smallest absolute Gasteiger partial charge is 0.239 e. The van der Waals surface area contributed by atoms with Crippen LogP contribution in [-0.4, -0.2) is 16.8 Å². The molecule has 0 saturated carbocycles. The van der Waals surface area contributed by atoms with Crippen LogP contribution in [0.25, 0.3) is 0 Å². The van der Waals surface area contributed by atoms with Crippen LogP contribution in [0, 0.1) is 0 Å². The molecule has 0 amide bonds. The monoisotopic (exact) mass is 312 g/mol. The molecule has 106 valence electrons. The van der Waals surface area contributed by atoms with Gasteiger partial charge in [-0.05, 0) is 24.3 Å². The van der Waals surface area contributed by atoms with Crippen LogP contribution in [0.5, 0.6) is 0 Å². The molecule has 0 heterocycles. The van der Waals surface area contributed by atoms with Gasteiger partial charge in [0.2, 0.25) is 19.9 Å². The number of hydrogen-bond acceptors (Lipinski definition) is 5. The zero-order chi connectivity index (χ0) is 15.0. The minimum Gasteiger partial charge on any atom is -0.398 e. The zero-order valence-corrected chi connectivity index (χ0v) is 11.9. The Morgan fingerprint density at radius 2 is 1.40 bits per heavy atom. The maximum Gasteiger partial charge on any atom is 0.239 e. The normalized spacial score (nSPS) is 12.2. The molecule has 0 aromatic heterocycles. The summed E-state index contributed by atoms with van der Waals surface area (Å²) >= 11 is 0. The van der Waals surface area contributed by atoms with E-state index in [-0.39, 0.29) is 10.6 Å². The molecular formula is C12H12N2O4S2. The van der Waals surface area contributed by atoms with Gasteiger partial charge in [-0.1, -0.05) is 24.3 Å². The van der Waals surface area contributed by atoms with Gasteiger partial charge in [-0.3, -0.25) is 0 Å². The molecule has 0 spiro atoms. The van der Waals surface area contributed by atoms with Crippen molar-refractivity contribution in [2.75, 3.05) is 5.73 Å². The zero-order valence-electron chi connectivity index (χ0n) is 10.2. The molecule has 20 heavy (non-hydrogen) atoms. The maximum absolute atomic E-state index is 12.5. The average Bonchev–Trinajstić information content (AvgIpc) is 2.38. The van der Waals surface area contributed by atoms with Crippen LogP contribution in [0.2, 0.25) is 0 Å². The van der Waals surface area contributed by atoms with Gasteiger partial charge in [-0.25, -0.2) is 22.0 Å². The number of primary sulfonamides is 1. The second-order valence-corrected chi connectivity index (χ2v) is 7.45. The van der Waals surface area contributed by atoms with Gasteiger partial charge in [0.15, 0.2) is 0 Å². The first kappa shape index (κ1) is 14.5. The van der Waals surface area contributed by atoms with E-state index in [1.54, 1.807) is 6.07 Å². The van der Waals surface area contributed by atoms with Gasteiger partial charge in [0.25, 0.3) is 0 Å². The summed E-state index contributed by atoms with van der Waals surface area (Å²) in [6.07, 6.45) is 0. The fraction of sp³-hybridized carbons (Fsp3) is 0. The minimum atomic E-state index is -4.21. The fourth-order valence-corrected chi connectivity index (χ4v) is 4.55. The van der Waals surface area contributed by atoms with E-state index >= 15 is 0 Å². The van der Waals surface area contributed by atoms with Crippen molar-refractivity contribution >= 4 is 25.5 Å². The molecular weight excluding hydrogens is 300 g/mol. The lowest BCUT2D eigenvalue weighted by molar-refractivity contribution is 0.584. The van der Waals surface area contributed by atoms with Crippen LogP contribution in [0.4, 0.5) is 5.69 Å². The number of sulfone groups is 1. The number of anilines is 1. The van der Waals surface area contributed by atoms with E-state index in [0.717, 1.165) is 6.07 Å². The van der Waals surface area contributed by atoms with Crippen LogP contribution in [-0.2, 0) is 19.9 Å². The number of sulfonamides is 1. The Morgan fingerprint density at radius 1 is 0.800 bits per heavy atom. The van der Waals surface area contributed by atoms with Crippen molar-refractivity contribution in [2.45, 2.75) is 14.7 Å². The van der Waals surface area contributed by atoms with Crippen molar-refractivity contribution in [3.8, 4) is 0 Å². The Morgan fingerprint density at radius 3 is 1.95 bits per heavy atom. The molecule has 0 aliphatic rings. The highest BCUT2D eigenvalue weighted by atomic mass is 32.2. The van der Waals surface area contributed by atoms with Crippen molar-refractivity contribution < 1.29 is 16.8 Å². The molecule has 4 N–H and O–H groups in total. The number of nitrogen functional groups attached to an aromatic ring is 1. The molecule has 0 fully saturated rings. The van der Waals surface area contributed by atoms with E-state index in [4.69, 9.17) is 10.9 Å². The van der Waals surface area contributed by atoms with Crippen molar-refractivity contribution in [1.29, 1.82) is 0 Å². The molecule has 0 radical (unpaired) electrons. The predicted molar refractivity (Wildman–Crippen MR) is 74.1 cm³/mol. The summed E-state index contributed by atoms with van der Waals surface area (Å²) in [4.78, 5) is -1.06. The summed E-state index contributed by atoms with van der Waals surface area (Å²) < 4.78 is 48.1. The molecule has 2 rings (SSSR count). The van der Waals surface area contributed by atoms with Gasteiger partial charge in [-0.2, -0.15) is 0 Å². The molecule has 0 atom stereocenters. The number of rotatable bonds is 3. The predicted octanol–water partition coefficient (Wildman–Crippen LogP) is 0.749. The van der Waals surface area contributed by atoms with Gasteiger partial charge >= 0.3 is 0 Å². The highest BCUT2D eigenvalue weighted by molar-refractivity contribution is 7.93. The first-order valence-corrected chi connectivity index (χ1v) is 8.49. The standard InChI is InChI=1S/C12H12N2O4S2/c13-10-7-4-8-11(20(14,17)18)12(10)19(15,16)9-5-2-1-3-6-9/h1-8H,13H2,(H2,14,17,18). The second-order valence-electron chi connectivity index (χ2n) is 4.04. The Balaban J connectivity index is 2.84. The summed E-state index contributed by atoms with van der Waals surface area (Å²) in [5.74, 6) is 0. The molecule has 8 heteroatoms. The number of benzene rings is 2. The molecule has 0 unspecified atom stereocenters. The van der Waals surface area contributed by atoms with Crippen LogP contribution < -0.4 is 10.9 Å². The molecule has 6 nitrogen and oxygen atoms in total. The van der Waals surface area contributed by atoms with E-state index in [0.29, 0.717) is 0 Å². The van der Waals surface area contributed by atoms with Crippen LogP contribution in [0.1, 0.15) is 0 Å². The van der Waals surface area contributed by atoms with Gasteiger partial charge in [0, 0.05) is 0 Å². The molecule has 0 aliphatic heterocycles. The van der Waals surface area contributed by atoms with E-state index in [9.17, 15) is 16.8 Å². The van der Waals surface area contributed by atoms with Crippen molar-refractivity contribution in [1.82, 2.24) is 0 Å². The Kier molecular flexibility index (Phi) is 3.55. The number of hydrogen-bond donors (Lipinski definition) is 2. The van der Waals surface area contributed by atoms with Crippen LogP contribution in [0.3, 0.4) is 0 Å². The van der Waals surface area contributed by atoms with Gasteiger partial charge < -0.3 is 5.73 Å². The van der Waals surface area contributed by atoms with Crippen LogP contribution in [0.15, 0.2) is 63.2 Å². The van der Waals surface area contributed by atoms with Crippen molar-refractivity contribution in [2.24, 2.45) is 5.14 Å². The van der Waals surface area contributed by atoms with E-state index in [1.807, 2.05) is 0 Å². The van der Waals surface area contributed by atoms with E-state index < -0.39 is 29.7 Å². The van der Waals surface area contributed by atoms with Crippen LogP contribution >= 0.6 is 0 Å². The third-order valence-electron chi connectivity index (χ3n) is 2.64. The molecule has 0 saturated heterocycles. The highest BCUT2D eigenvalue weighted by Crippen LogP contribution is 2.31. The second kappa shape index (κ2) is 4.89. The SMILES string of the molecule is Nc1cccc(S(N)(=O)=O)c1S(=O)(=O)c1ccccc1. The first-order chi connectivity index (χ1) is 9.24. The average molecular weight is 312 g/mol.